The van der Waals surface area contributed by atoms with Gasteiger partial charge in [0, 0.05) is 31.3 Å². The Labute approximate surface area is 146 Å². The van der Waals surface area contributed by atoms with Crippen molar-refractivity contribution in [2.24, 2.45) is 0 Å². The first-order valence-electron chi connectivity index (χ1n) is 6.90. The van der Waals surface area contributed by atoms with E-state index in [1.807, 2.05) is 25.1 Å². The van der Waals surface area contributed by atoms with Crippen LogP contribution in [0.15, 0.2) is 28.8 Å². The minimum absolute atomic E-state index is 0. The van der Waals surface area contributed by atoms with E-state index in [1.165, 1.54) is 0 Å². The van der Waals surface area contributed by atoms with Crippen LogP contribution in [-0.2, 0) is 5.88 Å². The summed E-state index contributed by atoms with van der Waals surface area (Å²) in [5, 5.41) is 3.86. The molecule has 126 valence electrons. The maximum absolute atomic E-state index is 12.4. The van der Waals surface area contributed by atoms with Crippen LogP contribution in [-0.4, -0.2) is 60.1 Å². The summed E-state index contributed by atoms with van der Waals surface area (Å²) in [4.78, 5) is 20.3. The van der Waals surface area contributed by atoms with Crippen molar-refractivity contribution in [3.8, 4) is 11.4 Å². The van der Waals surface area contributed by atoms with E-state index in [9.17, 15) is 4.79 Å². The van der Waals surface area contributed by atoms with Crippen LogP contribution in [0.2, 0.25) is 0 Å². The van der Waals surface area contributed by atoms with Crippen molar-refractivity contribution in [2.45, 2.75) is 5.88 Å². The van der Waals surface area contributed by atoms with Gasteiger partial charge in [-0.3, -0.25) is 4.79 Å². The summed E-state index contributed by atoms with van der Waals surface area (Å²) in [5.74, 6) is 0.918. The first-order valence-corrected chi connectivity index (χ1v) is 7.44. The molecule has 1 amide bonds. The van der Waals surface area contributed by atoms with Crippen molar-refractivity contribution < 1.29 is 9.32 Å². The molecule has 0 N–H and O–H groups in total. The van der Waals surface area contributed by atoms with Crippen LogP contribution in [0.4, 0.5) is 0 Å². The molecule has 6 nitrogen and oxygen atoms in total. The second kappa shape index (κ2) is 8.86. The number of carbonyl (C=O) groups is 1. The summed E-state index contributed by atoms with van der Waals surface area (Å²) < 4.78 is 4.99. The van der Waals surface area contributed by atoms with Crippen LogP contribution in [0.1, 0.15) is 16.2 Å². The molecular weight excluding hydrogens is 339 g/mol. The highest BCUT2D eigenvalue weighted by molar-refractivity contribution is 6.16. The van der Waals surface area contributed by atoms with Crippen LogP contribution in [0.5, 0.6) is 0 Å². The fourth-order valence-electron chi connectivity index (χ4n) is 1.89. The molecule has 0 bridgehead atoms. The van der Waals surface area contributed by atoms with Gasteiger partial charge in [0.25, 0.3) is 5.91 Å². The Hall–Kier alpha value is -1.63. The lowest BCUT2D eigenvalue weighted by Crippen LogP contribution is -2.33. The van der Waals surface area contributed by atoms with Gasteiger partial charge in [0.05, 0.1) is 0 Å². The number of nitrogens with zero attached hydrogens (tertiary/aromatic N) is 4. The molecule has 23 heavy (non-hydrogen) atoms. The Morgan fingerprint density at radius 3 is 2.61 bits per heavy atom. The molecule has 0 aliphatic heterocycles. The van der Waals surface area contributed by atoms with Crippen molar-refractivity contribution in [1.29, 1.82) is 0 Å². The first-order chi connectivity index (χ1) is 10.5. The fourth-order valence-corrected chi connectivity index (χ4v) is 2.00. The van der Waals surface area contributed by atoms with E-state index in [0.717, 1.165) is 12.1 Å². The summed E-state index contributed by atoms with van der Waals surface area (Å²) in [6.07, 6.45) is 0. The number of hydrogen-bond donors (Lipinski definition) is 0. The van der Waals surface area contributed by atoms with Crippen molar-refractivity contribution in [2.75, 3.05) is 34.2 Å². The lowest BCUT2D eigenvalue weighted by molar-refractivity contribution is 0.0786. The molecule has 1 aromatic heterocycles. The highest BCUT2D eigenvalue weighted by atomic mass is 35.5. The molecule has 8 heteroatoms. The van der Waals surface area contributed by atoms with Gasteiger partial charge in [0.2, 0.25) is 11.7 Å². The zero-order valence-electron chi connectivity index (χ0n) is 13.3. The third kappa shape index (κ3) is 5.20. The van der Waals surface area contributed by atoms with Gasteiger partial charge in [-0.2, -0.15) is 4.98 Å². The first kappa shape index (κ1) is 19.4. The van der Waals surface area contributed by atoms with E-state index >= 15 is 0 Å². The van der Waals surface area contributed by atoms with Gasteiger partial charge >= 0.3 is 0 Å². The van der Waals surface area contributed by atoms with E-state index in [2.05, 4.69) is 10.1 Å². The highest BCUT2D eigenvalue weighted by Crippen LogP contribution is 2.18. The number of alkyl halides is 1. The third-order valence-electron chi connectivity index (χ3n) is 3.18. The number of rotatable bonds is 6. The topological polar surface area (TPSA) is 62.5 Å². The van der Waals surface area contributed by atoms with E-state index in [4.69, 9.17) is 16.1 Å². The van der Waals surface area contributed by atoms with Gasteiger partial charge in [-0.05, 0) is 26.2 Å². The average Bonchev–Trinajstić information content (AvgIpc) is 3.01. The zero-order valence-corrected chi connectivity index (χ0v) is 14.9. The minimum Gasteiger partial charge on any atom is -0.340 e. The quantitative estimate of drug-likeness (QED) is 0.742. The SMILES string of the molecule is CN(C)CCN(C)C(=O)c1cccc(-c2noc(CCl)n2)c1.Cl. The van der Waals surface area contributed by atoms with Gasteiger partial charge in [0.1, 0.15) is 5.88 Å². The molecule has 0 unspecified atom stereocenters. The van der Waals surface area contributed by atoms with Crippen LogP contribution >= 0.6 is 24.0 Å². The maximum Gasteiger partial charge on any atom is 0.253 e. The molecule has 0 radical (unpaired) electrons. The van der Waals surface area contributed by atoms with E-state index < -0.39 is 0 Å². The number of halogens is 2. The molecule has 2 rings (SSSR count). The molecule has 1 heterocycles. The molecule has 1 aromatic carbocycles. The number of amides is 1. The monoisotopic (exact) mass is 358 g/mol. The molecule has 0 spiro atoms. The highest BCUT2D eigenvalue weighted by Gasteiger charge is 2.14. The lowest BCUT2D eigenvalue weighted by atomic mass is 10.1. The number of likely N-dealkylation sites (N-methyl/N-ethyl adjacent to an activating group) is 2. The lowest BCUT2D eigenvalue weighted by Gasteiger charge is -2.19. The summed E-state index contributed by atoms with van der Waals surface area (Å²) in [7, 11) is 5.74. The average molecular weight is 359 g/mol. The Bertz CT molecular complexity index is 646. The smallest absolute Gasteiger partial charge is 0.253 e. The van der Waals surface area contributed by atoms with E-state index in [-0.39, 0.29) is 24.2 Å². The molecular formula is C15H20Cl2N4O2. The van der Waals surface area contributed by atoms with Gasteiger partial charge in [-0.25, -0.2) is 0 Å². The Morgan fingerprint density at radius 1 is 1.26 bits per heavy atom. The van der Waals surface area contributed by atoms with Crippen LogP contribution < -0.4 is 0 Å². The standard InChI is InChI=1S/C15H19ClN4O2.ClH/c1-19(2)7-8-20(3)15(21)12-6-4-5-11(9-12)14-17-13(10-16)22-18-14;/h4-6,9H,7-8,10H2,1-3H3;1H. The predicted molar refractivity (Wildman–Crippen MR) is 92.1 cm³/mol. The van der Waals surface area contributed by atoms with Crippen LogP contribution in [0.3, 0.4) is 0 Å². The van der Waals surface area contributed by atoms with Crippen molar-refractivity contribution >= 4 is 29.9 Å². The normalized spacial score (nSPS) is 10.5. The van der Waals surface area contributed by atoms with Crippen LogP contribution in [0, 0.1) is 0 Å². The molecule has 0 fully saturated rings. The summed E-state index contributed by atoms with van der Waals surface area (Å²) >= 11 is 5.65. The number of aromatic nitrogens is 2. The Kier molecular flexibility index (Phi) is 7.48. The minimum atomic E-state index is -0.0373. The molecule has 0 atom stereocenters. The molecule has 0 saturated heterocycles. The summed E-state index contributed by atoms with van der Waals surface area (Å²) in [5.41, 5.74) is 1.32. The third-order valence-corrected chi connectivity index (χ3v) is 3.41. The Balaban J connectivity index is 0.00000264. The summed E-state index contributed by atoms with van der Waals surface area (Å²) in [6, 6.07) is 7.18. The molecule has 2 aromatic rings. The van der Waals surface area contributed by atoms with Crippen molar-refractivity contribution in [3.05, 3.63) is 35.7 Å². The van der Waals surface area contributed by atoms with E-state index in [1.54, 1.807) is 30.1 Å². The second-order valence-corrected chi connectivity index (χ2v) is 5.52. The number of hydrogen-bond acceptors (Lipinski definition) is 5. The van der Waals surface area contributed by atoms with E-state index in [0.29, 0.717) is 23.8 Å². The Morgan fingerprint density at radius 2 is 2.00 bits per heavy atom. The van der Waals surface area contributed by atoms with Crippen LogP contribution in [0.25, 0.3) is 11.4 Å². The fraction of sp³-hybridized carbons (Fsp3) is 0.400. The maximum atomic E-state index is 12.4. The summed E-state index contributed by atoms with van der Waals surface area (Å²) in [6.45, 7) is 1.47. The zero-order chi connectivity index (χ0) is 16.1. The molecule has 0 aliphatic rings. The van der Waals surface area contributed by atoms with Gasteiger partial charge in [-0.15, -0.1) is 24.0 Å². The van der Waals surface area contributed by atoms with Gasteiger partial charge in [0.15, 0.2) is 0 Å². The number of benzene rings is 1. The predicted octanol–water partition coefficient (Wildman–Crippen LogP) is 2.53. The van der Waals surface area contributed by atoms with Gasteiger partial charge < -0.3 is 14.3 Å². The molecule has 0 aliphatic carbocycles. The van der Waals surface area contributed by atoms with Crippen molar-refractivity contribution in [1.82, 2.24) is 19.9 Å². The van der Waals surface area contributed by atoms with Gasteiger partial charge in [-0.1, -0.05) is 17.3 Å². The largest absolute Gasteiger partial charge is 0.340 e. The second-order valence-electron chi connectivity index (χ2n) is 5.26. The molecule has 0 saturated carbocycles. The van der Waals surface area contributed by atoms with Crippen molar-refractivity contribution in [3.63, 3.8) is 0 Å². The number of carbonyl (C=O) groups excluding carboxylic acids is 1.